The van der Waals surface area contributed by atoms with E-state index in [2.05, 4.69) is 15.2 Å². The Labute approximate surface area is 151 Å². The van der Waals surface area contributed by atoms with Crippen LogP contribution >= 0.6 is 23.4 Å². The van der Waals surface area contributed by atoms with Gasteiger partial charge in [0.15, 0.2) is 0 Å². The number of nitrogens with zero attached hydrogens (tertiary/aromatic N) is 2. The lowest BCUT2D eigenvalue weighted by Gasteiger charge is -2.31. The van der Waals surface area contributed by atoms with Crippen molar-refractivity contribution in [3.05, 3.63) is 47.6 Å². The number of aromatic nitrogens is 1. The number of carbonyl (C=O) groups is 1. The minimum Gasteiger partial charge on any atom is -0.369 e. The van der Waals surface area contributed by atoms with Crippen molar-refractivity contribution in [2.75, 3.05) is 29.1 Å². The summed E-state index contributed by atoms with van der Waals surface area (Å²) in [5, 5.41) is 4.53. The molecule has 1 aromatic heterocycles. The molecule has 0 saturated carbocycles. The molecule has 6 heteroatoms. The Bertz CT molecular complexity index is 690. The van der Waals surface area contributed by atoms with Crippen LogP contribution in [0.15, 0.2) is 47.6 Å². The van der Waals surface area contributed by atoms with Crippen molar-refractivity contribution in [2.45, 2.75) is 24.3 Å². The van der Waals surface area contributed by atoms with Crippen molar-refractivity contribution in [1.82, 2.24) is 4.98 Å². The van der Waals surface area contributed by atoms with Gasteiger partial charge in [-0.05, 0) is 43.5 Å². The third kappa shape index (κ3) is 4.42. The average Bonchev–Trinajstić information content (AvgIpc) is 2.62. The molecule has 3 rings (SSSR count). The van der Waals surface area contributed by atoms with Gasteiger partial charge in [-0.15, -0.1) is 0 Å². The summed E-state index contributed by atoms with van der Waals surface area (Å²) in [6.45, 7) is 1.96. The van der Waals surface area contributed by atoms with Crippen LogP contribution in [0.4, 0.5) is 11.4 Å². The molecule has 1 aromatic carbocycles. The van der Waals surface area contributed by atoms with Crippen LogP contribution in [0.2, 0.25) is 5.02 Å². The van der Waals surface area contributed by atoms with Crippen LogP contribution in [0.25, 0.3) is 0 Å². The summed E-state index contributed by atoms with van der Waals surface area (Å²) in [4.78, 5) is 18.8. The molecule has 0 radical (unpaired) electrons. The van der Waals surface area contributed by atoms with Gasteiger partial charge in [-0.25, -0.2) is 4.98 Å². The fraction of sp³-hybridized carbons (Fsp3) is 0.333. The summed E-state index contributed by atoms with van der Waals surface area (Å²) in [6.07, 6.45) is 5.30. The number of benzene rings is 1. The Morgan fingerprint density at radius 2 is 2.00 bits per heavy atom. The average molecular weight is 362 g/mol. The van der Waals surface area contributed by atoms with E-state index in [9.17, 15) is 4.79 Å². The molecule has 24 heavy (non-hydrogen) atoms. The van der Waals surface area contributed by atoms with Crippen LogP contribution in [0.1, 0.15) is 19.3 Å². The maximum atomic E-state index is 12.3. The van der Waals surface area contributed by atoms with Gasteiger partial charge in [0.1, 0.15) is 0 Å². The minimum absolute atomic E-state index is 0.0498. The highest BCUT2D eigenvalue weighted by Crippen LogP contribution is 2.35. The number of amides is 1. The zero-order valence-electron chi connectivity index (χ0n) is 13.4. The van der Waals surface area contributed by atoms with Crippen molar-refractivity contribution in [2.24, 2.45) is 0 Å². The Hall–Kier alpha value is -1.72. The van der Waals surface area contributed by atoms with Crippen LogP contribution in [0.5, 0.6) is 0 Å². The Morgan fingerprint density at radius 1 is 1.17 bits per heavy atom. The first kappa shape index (κ1) is 17.1. The minimum atomic E-state index is -0.0498. The number of anilines is 2. The van der Waals surface area contributed by atoms with Crippen molar-refractivity contribution >= 4 is 40.6 Å². The second kappa shape index (κ2) is 8.40. The first-order valence-electron chi connectivity index (χ1n) is 8.11. The van der Waals surface area contributed by atoms with Gasteiger partial charge in [-0.2, -0.15) is 0 Å². The number of carbonyl (C=O) groups excluding carboxylic acids is 1. The van der Waals surface area contributed by atoms with Gasteiger partial charge in [-0.3, -0.25) is 4.79 Å². The highest BCUT2D eigenvalue weighted by Gasteiger charge is 2.18. The van der Waals surface area contributed by atoms with E-state index in [1.54, 1.807) is 6.20 Å². The summed E-state index contributed by atoms with van der Waals surface area (Å²) in [7, 11) is 0. The molecule has 4 nitrogen and oxygen atoms in total. The monoisotopic (exact) mass is 361 g/mol. The molecule has 0 bridgehead atoms. The molecule has 0 aliphatic carbocycles. The molecule has 1 N–H and O–H groups in total. The zero-order valence-corrected chi connectivity index (χ0v) is 14.9. The predicted molar refractivity (Wildman–Crippen MR) is 101 cm³/mol. The lowest BCUT2D eigenvalue weighted by Crippen LogP contribution is -2.30. The third-order valence-electron chi connectivity index (χ3n) is 3.92. The van der Waals surface area contributed by atoms with E-state index in [0.29, 0.717) is 10.8 Å². The first-order chi connectivity index (χ1) is 11.7. The maximum absolute atomic E-state index is 12.3. The maximum Gasteiger partial charge on any atom is 0.234 e. The fourth-order valence-corrected chi connectivity index (χ4v) is 3.77. The molecular weight excluding hydrogens is 342 g/mol. The number of hydrogen-bond donors (Lipinski definition) is 1. The number of hydrogen-bond acceptors (Lipinski definition) is 4. The Balaban J connectivity index is 1.67. The number of pyridine rings is 1. The van der Waals surface area contributed by atoms with Crippen molar-refractivity contribution in [1.29, 1.82) is 0 Å². The molecule has 0 unspecified atom stereocenters. The summed E-state index contributed by atoms with van der Waals surface area (Å²) in [6, 6.07) is 11.3. The van der Waals surface area contributed by atoms with Gasteiger partial charge in [0, 0.05) is 19.3 Å². The molecule has 0 spiro atoms. The van der Waals surface area contributed by atoms with Gasteiger partial charge < -0.3 is 10.2 Å². The molecule has 1 saturated heterocycles. The van der Waals surface area contributed by atoms with E-state index in [1.165, 1.54) is 18.2 Å². The zero-order chi connectivity index (χ0) is 16.8. The van der Waals surface area contributed by atoms with Crippen LogP contribution in [0, 0.1) is 0 Å². The van der Waals surface area contributed by atoms with Crippen molar-refractivity contribution in [3.63, 3.8) is 0 Å². The highest BCUT2D eigenvalue weighted by atomic mass is 35.5. The van der Waals surface area contributed by atoms with Gasteiger partial charge in [-0.1, -0.05) is 35.5 Å². The first-order valence-corrected chi connectivity index (χ1v) is 9.47. The smallest absolute Gasteiger partial charge is 0.234 e. The highest BCUT2D eigenvalue weighted by molar-refractivity contribution is 7.99. The molecule has 126 valence electrons. The summed E-state index contributed by atoms with van der Waals surface area (Å²) in [5.41, 5.74) is 1.73. The second-order valence-corrected chi connectivity index (χ2v) is 7.09. The number of piperidine rings is 1. The molecule has 1 fully saturated rings. The number of rotatable bonds is 5. The molecular formula is C18H20ClN3OS. The standard InChI is InChI=1S/C18H20ClN3OS/c19-14-7-6-8-15(18(14)22-11-4-1-5-12-22)21-16(23)13-24-17-9-2-3-10-20-17/h2-3,6-10H,1,4-5,11-13H2,(H,21,23). The topological polar surface area (TPSA) is 45.2 Å². The van der Waals surface area contributed by atoms with E-state index in [4.69, 9.17) is 11.6 Å². The SMILES string of the molecule is O=C(CSc1ccccn1)Nc1cccc(Cl)c1N1CCCCC1. The third-order valence-corrected chi connectivity index (χ3v) is 5.17. The molecule has 1 amide bonds. The van der Waals surface area contributed by atoms with Gasteiger partial charge >= 0.3 is 0 Å². The number of para-hydroxylation sites is 1. The molecule has 2 heterocycles. The van der Waals surface area contributed by atoms with Gasteiger partial charge in [0.2, 0.25) is 5.91 Å². The molecule has 0 atom stereocenters. The lowest BCUT2D eigenvalue weighted by atomic mass is 10.1. The van der Waals surface area contributed by atoms with Crippen molar-refractivity contribution in [3.8, 4) is 0 Å². The second-order valence-electron chi connectivity index (χ2n) is 5.69. The van der Waals surface area contributed by atoms with Crippen LogP contribution in [-0.2, 0) is 4.79 Å². The quantitative estimate of drug-likeness (QED) is 0.799. The van der Waals surface area contributed by atoms with Crippen LogP contribution < -0.4 is 10.2 Å². The van der Waals surface area contributed by atoms with E-state index in [0.717, 1.165) is 42.3 Å². The lowest BCUT2D eigenvalue weighted by molar-refractivity contribution is -0.113. The normalized spacial score (nSPS) is 14.5. The van der Waals surface area contributed by atoms with Gasteiger partial charge in [0.05, 0.1) is 27.2 Å². The number of halogens is 1. The van der Waals surface area contributed by atoms with Crippen LogP contribution in [0.3, 0.4) is 0 Å². The fourth-order valence-electron chi connectivity index (χ4n) is 2.81. The summed E-state index contributed by atoms with van der Waals surface area (Å²) >= 11 is 7.83. The molecule has 1 aliphatic heterocycles. The van der Waals surface area contributed by atoms with E-state index in [-0.39, 0.29) is 5.91 Å². The number of nitrogens with one attached hydrogen (secondary N) is 1. The summed E-state index contributed by atoms with van der Waals surface area (Å²) < 4.78 is 0. The van der Waals surface area contributed by atoms with E-state index in [1.807, 2.05) is 36.4 Å². The predicted octanol–water partition coefficient (Wildman–Crippen LogP) is 4.46. The molecule has 2 aromatic rings. The summed E-state index contributed by atoms with van der Waals surface area (Å²) in [5.74, 6) is 0.273. The Kier molecular flexibility index (Phi) is 5.99. The van der Waals surface area contributed by atoms with Crippen molar-refractivity contribution < 1.29 is 4.79 Å². The van der Waals surface area contributed by atoms with E-state index >= 15 is 0 Å². The molecule has 1 aliphatic rings. The van der Waals surface area contributed by atoms with Crippen LogP contribution in [-0.4, -0.2) is 29.7 Å². The van der Waals surface area contributed by atoms with Gasteiger partial charge in [0.25, 0.3) is 0 Å². The number of thioether (sulfide) groups is 1. The van der Waals surface area contributed by atoms with E-state index < -0.39 is 0 Å². The largest absolute Gasteiger partial charge is 0.369 e. The Morgan fingerprint density at radius 3 is 2.75 bits per heavy atom.